The zero-order valence-corrected chi connectivity index (χ0v) is 16.0. The minimum atomic E-state index is -4.44. The average Bonchev–Trinajstić information content (AvgIpc) is 3.10. The standard InChI is InChI=1S/C21H24F3N3O/c1-14(2)16-5-3-15(4-6-16)11-20(28)26-17-9-10-27(13-17)18-7-8-19(25-12-18)21(22,23)24/h3-8,12,14,17H,9-11,13H2,1-2H3,(H,26,28). The Kier molecular flexibility index (Phi) is 5.91. The first-order valence-electron chi connectivity index (χ1n) is 9.39. The number of hydrogen-bond acceptors (Lipinski definition) is 3. The third-order valence-electron chi connectivity index (χ3n) is 4.97. The van der Waals surface area contributed by atoms with Crippen molar-refractivity contribution in [2.45, 2.75) is 44.8 Å². The van der Waals surface area contributed by atoms with Crippen LogP contribution < -0.4 is 10.2 Å². The predicted octanol–water partition coefficient (Wildman–Crippen LogP) is 4.16. The van der Waals surface area contributed by atoms with Gasteiger partial charge in [-0.3, -0.25) is 4.79 Å². The number of alkyl halides is 3. The van der Waals surface area contributed by atoms with E-state index in [2.05, 4.69) is 24.1 Å². The molecule has 1 aliphatic heterocycles. The number of hydrogen-bond donors (Lipinski definition) is 1. The number of carbonyl (C=O) groups is 1. The van der Waals surface area contributed by atoms with Crippen LogP contribution in [0.15, 0.2) is 42.6 Å². The summed E-state index contributed by atoms with van der Waals surface area (Å²) in [6.07, 6.45) is -2.13. The maximum atomic E-state index is 12.6. The number of nitrogens with one attached hydrogen (secondary N) is 1. The van der Waals surface area contributed by atoms with Gasteiger partial charge in [-0.1, -0.05) is 38.1 Å². The fourth-order valence-electron chi connectivity index (χ4n) is 3.34. The molecule has 28 heavy (non-hydrogen) atoms. The number of pyridine rings is 1. The van der Waals surface area contributed by atoms with Crippen LogP contribution in [0.2, 0.25) is 0 Å². The van der Waals surface area contributed by atoms with Crippen molar-refractivity contribution in [3.63, 3.8) is 0 Å². The third kappa shape index (κ3) is 5.03. The first-order chi connectivity index (χ1) is 13.2. The molecule has 1 saturated heterocycles. The van der Waals surface area contributed by atoms with Gasteiger partial charge in [0.15, 0.2) is 0 Å². The van der Waals surface area contributed by atoms with E-state index in [1.54, 1.807) is 0 Å². The Hall–Kier alpha value is -2.57. The van der Waals surface area contributed by atoms with E-state index in [-0.39, 0.29) is 11.9 Å². The van der Waals surface area contributed by atoms with Crippen molar-refractivity contribution in [2.24, 2.45) is 0 Å². The highest BCUT2D eigenvalue weighted by molar-refractivity contribution is 5.79. The fourth-order valence-corrected chi connectivity index (χ4v) is 3.34. The molecule has 7 heteroatoms. The van der Waals surface area contributed by atoms with Gasteiger partial charge in [-0.25, -0.2) is 4.98 Å². The van der Waals surface area contributed by atoms with Gasteiger partial charge < -0.3 is 10.2 Å². The van der Waals surface area contributed by atoms with Crippen LogP contribution in [-0.4, -0.2) is 30.0 Å². The fraction of sp³-hybridized carbons (Fsp3) is 0.429. The second-order valence-corrected chi connectivity index (χ2v) is 7.47. The summed E-state index contributed by atoms with van der Waals surface area (Å²) in [5, 5.41) is 3.02. The first-order valence-corrected chi connectivity index (χ1v) is 9.39. The summed E-state index contributed by atoms with van der Waals surface area (Å²) in [4.78, 5) is 17.8. The Morgan fingerprint density at radius 3 is 2.50 bits per heavy atom. The average molecular weight is 391 g/mol. The maximum Gasteiger partial charge on any atom is 0.433 e. The monoisotopic (exact) mass is 391 g/mol. The normalized spacial score (nSPS) is 17.2. The Balaban J connectivity index is 1.52. The molecule has 1 atom stereocenters. The predicted molar refractivity (Wildman–Crippen MR) is 102 cm³/mol. The number of anilines is 1. The molecule has 150 valence electrons. The van der Waals surface area contributed by atoms with Gasteiger partial charge in [-0.05, 0) is 35.6 Å². The molecule has 2 heterocycles. The molecule has 2 aromatic rings. The van der Waals surface area contributed by atoms with E-state index in [0.29, 0.717) is 31.1 Å². The van der Waals surface area contributed by atoms with Crippen molar-refractivity contribution in [1.29, 1.82) is 0 Å². The van der Waals surface area contributed by atoms with Gasteiger partial charge in [0.25, 0.3) is 0 Å². The van der Waals surface area contributed by atoms with Gasteiger partial charge in [-0.2, -0.15) is 13.2 Å². The van der Waals surface area contributed by atoms with Crippen LogP contribution in [0.25, 0.3) is 0 Å². The molecular weight excluding hydrogens is 367 g/mol. The van der Waals surface area contributed by atoms with Gasteiger partial charge in [0.05, 0.1) is 18.3 Å². The van der Waals surface area contributed by atoms with Crippen molar-refractivity contribution >= 4 is 11.6 Å². The molecule has 0 aliphatic carbocycles. The lowest BCUT2D eigenvalue weighted by atomic mass is 10.0. The molecular formula is C21H24F3N3O. The van der Waals surface area contributed by atoms with Gasteiger partial charge in [-0.15, -0.1) is 0 Å². The van der Waals surface area contributed by atoms with Gasteiger partial charge in [0.1, 0.15) is 5.69 Å². The highest BCUT2D eigenvalue weighted by Crippen LogP contribution is 2.29. The van der Waals surface area contributed by atoms with E-state index in [0.717, 1.165) is 18.1 Å². The number of carbonyl (C=O) groups excluding carboxylic acids is 1. The van der Waals surface area contributed by atoms with Gasteiger partial charge >= 0.3 is 6.18 Å². The topological polar surface area (TPSA) is 45.2 Å². The molecule has 0 radical (unpaired) electrons. The maximum absolute atomic E-state index is 12.6. The summed E-state index contributed by atoms with van der Waals surface area (Å²) in [5.74, 6) is 0.404. The van der Waals surface area contributed by atoms with Crippen molar-refractivity contribution in [1.82, 2.24) is 10.3 Å². The summed E-state index contributed by atoms with van der Waals surface area (Å²) in [7, 11) is 0. The zero-order chi connectivity index (χ0) is 20.3. The summed E-state index contributed by atoms with van der Waals surface area (Å²) >= 11 is 0. The number of nitrogens with zero attached hydrogens (tertiary/aromatic N) is 2. The summed E-state index contributed by atoms with van der Waals surface area (Å²) in [5.41, 5.74) is 1.93. The first kappa shape index (κ1) is 20.2. The van der Waals surface area contributed by atoms with E-state index >= 15 is 0 Å². The van der Waals surface area contributed by atoms with Crippen molar-refractivity contribution in [3.05, 3.63) is 59.4 Å². The van der Waals surface area contributed by atoms with Crippen LogP contribution in [0.3, 0.4) is 0 Å². The Morgan fingerprint density at radius 1 is 1.21 bits per heavy atom. The number of rotatable bonds is 5. The molecule has 1 aliphatic rings. The van der Waals surface area contributed by atoms with E-state index in [9.17, 15) is 18.0 Å². The van der Waals surface area contributed by atoms with Crippen LogP contribution in [-0.2, 0) is 17.4 Å². The van der Waals surface area contributed by atoms with Crippen LogP contribution in [0.1, 0.15) is 43.0 Å². The Bertz CT molecular complexity index is 801. The third-order valence-corrected chi connectivity index (χ3v) is 4.97. The van der Waals surface area contributed by atoms with Crippen LogP contribution >= 0.6 is 0 Å². The molecule has 0 spiro atoms. The Labute approximate surface area is 162 Å². The quantitative estimate of drug-likeness (QED) is 0.832. The van der Waals surface area contributed by atoms with Crippen molar-refractivity contribution in [3.8, 4) is 0 Å². The molecule has 0 bridgehead atoms. The van der Waals surface area contributed by atoms with Gasteiger partial charge in [0.2, 0.25) is 5.91 Å². The zero-order valence-electron chi connectivity index (χ0n) is 16.0. The number of amides is 1. The largest absolute Gasteiger partial charge is 0.433 e. The van der Waals surface area contributed by atoms with Crippen LogP contribution in [0, 0.1) is 0 Å². The van der Waals surface area contributed by atoms with E-state index in [1.165, 1.54) is 17.8 Å². The molecule has 4 nitrogen and oxygen atoms in total. The molecule has 3 rings (SSSR count). The lowest BCUT2D eigenvalue weighted by Crippen LogP contribution is -2.38. The number of halogens is 3. The highest BCUT2D eigenvalue weighted by Gasteiger charge is 2.32. The molecule has 1 amide bonds. The number of benzene rings is 1. The van der Waals surface area contributed by atoms with Gasteiger partial charge in [0, 0.05) is 19.1 Å². The SMILES string of the molecule is CC(C)c1ccc(CC(=O)NC2CCN(c3ccc(C(F)(F)F)nc3)C2)cc1. The molecule has 1 fully saturated rings. The minimum Gasteiger partial charge on any atom is -0.368 e. The molecule has 1 aromatic heterocycles. The number of aromatic nitrogens is 1. The van der Waals surface area contributed by atoms with E-state index in [1.807, 2.05) is 29.2 Å². The smallest absolute Gasteiger partial charge is 0.368 e. The Morgan fingerprint density at radius 2 is 1.93 bits per heavy atom. The second kappa shape index (κ2) is 8.20. The minimum absolute atomic E-state index is 0.0234. The summed E-state index contributed by atoms with van der Waals surface area (Å²) in [6, 6.07) is 10.4. The van der Waals surface area contributed by atoms with E-state index < -0.39 is 11.9 Å². The van der Waals surface area contributed by atoms with Crippen LogP contribution in [0.4, 0.5) is 18.9 Å². The molecule has 1 unspecified atom stereocenters. The highest BCUT2D eigenvalue weighted by atomic mass is 19.4. The van der Waals surface area contributed by atoms with Crippen molar-refractivity contribution < 1.29 is 18.0 Å². The molecule has 1 aromatic carbocycles. The summed E-state index contributed by atoms with van der Waals surface area (Å²) < 4.78 is 37.9. The second-order valence-electron chi connectivity index (χ2n) is 7.47. The van der Waals surface area contributed by atoms with E-state index in [4.69, 9.17) is 0 Å². The molecule has 0 saturated carbocycles. The summed E-state index contributed by atoms with van der Waals surface area (Å²) in [6.45, 7) is 5.48. The lowest BCUT2D eigenvalue weighted by Gasteiger charge is -2.19. The molecule has 1 N–H and O–H groups in total. The van der Waals surface area contributed by atoms with Crippen molar-refractivity contribution in [2.75, 3.05) is 18.0 Å². The van der Waals surface area contributed by atoms with Crippen LogP contribution in [0.5, 0.6) is 0 Å². The lowest BCUT2D eigenvalue weighted by molar-refractivity contribution is -0.141.